The van der Waals surface area contributed by atoms with Gasteiger partial charge in [-0.15, -0.1) is 0 Å². The van der Waals surface area contributed by atoms with Crippen LogP contribution in [-0.4, -0.2) is 23.3 Å². The molecule has 1 N–H and O–H groups in total. The summed E-state index contributed by atoms with van der Waals surface area (Å²) in [4.78, 5) is 22.2. The second-order valence-electron chi connectivity index (χ2n) is 3.79. The van der Waals surface area contributed by atoms with Crippen molar-refractivity contribution in [3.8, 4) is 0 Å². The minimum absolute atomic E-state index is 0.0775. The normalized spacial score (nSPS) is 12.5. The predicted molar refractivity (Wildman–Crippen MR) is 55.0 cm³/mol. The van der Waals surface area contributed by atoms with Crippen molar-refractivity contribution >= 4 is 11.6 Å². The predicted octanol–water partition coefficient (Wildman–Crippen LogP) is 1.72. The van der Waals surface area contributed by atoms with Crippen LogP contribution in [0.2, 0.25) is 0 Å². The van der Waals surface area contributed by atoms with E-state index < -0.39 is 0 Å². The van der Waals surface area contributed by atoms with Gasteiger partial charge in [-0.05, 0) is 19.8 Å². The van der Waals surface area contributed by atoms with Gasteiger partial charge in [0.2, 0.25) is 0 Å². The van der Waals surface area contributed by atoms with E-state index in [2.05, 4.69) is 0 Å². The second-order valence-corrected chi connectivity index (χ2v) is 3.79. The van der Waals surface area contributed by atoms with Gasteiger partial charge in [-0.25, -0.2) is 0 Å². The zero-order valence-electron chi connectivity index (χ0n) is 9.08. The fraction of sp³-hybridized carbons (Fsp3) is 0.818. The second kappa shape index (κ2) is 7.68. The first-order valence-corrected chi connectivity index (χ1v) is 5.21. The standard InChI is InChI=1S/C11H20O3/c1-9(10(2)13)8-11(14)6-4-3-5-7-12/h9,12H,3-8H2,1-2H3. The van der Waals surface area contributed by atoms with E-state index in [4.69, 9.17) is 5.11 Å². The van der Waals surface area contributed by atoms with E-state index in [1.165, 1.54) is 6.92 Å². The van der Waals surface area contributed by atoms with Gasteiger partial charge in [0.25, 0.3) is 0 Å². The van der Waals surface area contributed by atoms with E-state index in [1.807, 2.05) is 0 Å². The van der Waals surface area contributed by atoms with Crippen molar-refractivity contribution in [1.82, 2.24) is 0 Å². The molecule has 3 nitrogen and oxygen atoms in total. The maximum atomic E-state index is 11.3. The van der Waals surface area contributed by atoms with Crippen LogP contribution in [0.4, 0.5) is 0 Å². The Morgan fingerprint density at radius 1 is 1.21 bits per heavy atom. The van der Waals surface area contributed by atoms with Crippen molar-refractivity contribution in [2.45, 2.75) is 46.0 Å². The lowest BCUT2D eigenvalue weighted by molar-refractivity contribution is -0.126. The number of rotatable bonds is 8. The smallest absolute Gasteiger partial charge is 0.133 e. The fourth-order valence-electron chi connectivity index (χ4n) is 1.20. The fourth-order valence-corrected chi connectivity index (χ4v) is 1.20. The summed E-state index contributed by atoms with van der Waals surface area (Å²) in [5.74, 6) is 0.0969. The minimum atomic E-state index is -0.139. The Morgan fingerprint density at radius 2 is 1.86 bits per heavy atom. The Balaban J connectivity index is 3.50. The van der Waals surface area contributed by atoms with Crippen LogP contribution in [-0.2, 0) is 9.59 Å². The average molecular weight is 200 g/mol. The zero-order valence-corrected chi connectivity index (χ0v) is 9.08. The number of hydrogen-bond acceptors (Lipinski definition) is 3. The van der Waals surface area contributed by atoms with E-state index in [0.29, 0.717) is 12.8 Å². The van der Waals surface area contributed by atoms with Gasteiger partial charge in [0, 0.05) is 25.4 Å². The van der Waals surface area contributed by atoms with Crippen molar-refractivity contribution in [2.75, 3.05) is 6.61 Å². The lowest BCUT2D eigenvalue weighted by Crippen LogP contribution is -2.12. The molecule has 0 aromatic carbocycles. The number of ketones is 2. The molecule has 0 radical (unpaired) electrons. The van der Waals surface area contributed by atoms with E-state index in [9.17, 15) is 9.59 Å². The summed E-state index contributed by atoms with van der Waals surface area (Å²) in [7, 11) is 0. The average Bonchev–Trinajstić information content (AvgIpc) is 2.12. The summed E-state index contributed by atoms with van der Waals surface area (Å²) < 4.78 is 0. The Hall–Kier alpha value is -0.700. The zero-order chi connectivity index (χ0) is 11.0. The van der Waals surface area contributed by atoms with Crippen LogP contribution in [0.5, 0.6) is 0 Å². The van der Waals surface area contributed by atoms with E-state index in [-0.39, 0.29) is 24.1 Å². The van der Waals surface area contributed by atoms with Crippen LogP contribution in [0.1, 0.15) is 46.0 Å². The molecule has 82 valence electrons. The number of aliphatic hydroxyl groups excluding tert-OH is 1. The van der Waals surface area contributed by atoms with E-state index >= 15 is 0 Å². The van der Waals surface area contributed by atoms with Gasteiger partial charge >= 0.3 is 0 Å². The Labute approximate surface area is 85.5 Å². The largest absolute Gasteiger partial charge is 0.396 e. The summed E-state index contributed by atoms with van der Waals surface area (Å²) in [6.07, 6.45) is 3.38. The van der Waals surface area contributed by atoms with Gasteiger partial charge in [-0.1, -0.05) is 13.3 Å². The molecule has 0 aromatic heterocycles. The van der Waals surface area contributed by atoms with E-state index in [1.54, 1.807) is 6.92 Å². The molecule has 14 heavy (non-hydrogen) atoms. The van der Waals surface area contributed by atoms with Crippen molar-refractivity contribution in [1.29, 1.82) is 0 Å². The minimum Gasteiger partial charge on any atom is -0.396 e. The molecule has 0 aliphatic heterocycles. The van der Waals surface area contributed by atoms with Crippen LogP contribution in [0.3, 0.4) is 0 Å². The molecule has 0 bridgehead atoms. The highest BCUT2D eigenvalue weighted by Crippen LogP contribution is 2.08. The molecule has 0 amide bonds. The van der Waals surface area contributed by atoms with Gasteiger partial charge in [0.05, 0.1) is 0 Å². The molecule has 0 spiro atoms. The van der Waals surface area contributed by atoms with Crippen LogP contribution in [0, 0.1) is 5.92 Å². The topological polar surface area (TPSA) is 54.4 Å². The highest BCUT2D eigenvalue weighted by Gasteiger charge is 2.12. The van der Waals surface area contributed by atoms with Crippen LogP contribution >= 0.6 is 0 Å². The molecule has 1 unspecified atom stereocenters. The van der Waals surface area contributed by atoms with Crippen molar-refractivity contribution < 1.29 is 14.7 Å². The molecule has 0 saturated heterocycles. The molecule has 0 aliphatic carbocycles. The Kier molecular flexibility index (Phi) is 7.30. The first-order valence-electron chi connectivity index (χ1n) is 5.21. The molecule has 0 heterocycles. The molecular formula is C11H20O3. The van der Waals surface area contributed by atoms with Gasteiger partial charge < -0.3 is 5.11 Å². The quantitative estimate of drug-likeness (QED) is 0.607. The van der Waals surface area contributed by atoms with Gasteiger partial charge in [0.15, 0.2) is 0 Å². The first-order chi connectivity index (χ1) is 6.57. The molecule has 1 atom stereocenters. The van der Waals surface area contributed by atoms with Crippen molar-refractivity contribution in [2.24, 2.45) is 5.92 Å². The molecule has 0 fully saturated rings. The summed E-state index contributed by atoms with van der Waals surface area (Å²) in [6.45, 7) is 3.50. The third-order valence-electron chi connectivity index (χ3n) is 2.34. The lowest BCUT2D eigenvalue weighted by Gasteiger charge is -2.05. The summed E-state index contributed by atoms with van der Waals surface area (Å²) in [6, 6.07) is 0. The van der Waals surface area contributed by atoms with Crippen LogP contribution in [0.15, 0.2) is 0 Å². The molecular weight excluding hydrogens is 180 g/mol. The monoisotopic (exact) mass is 200 g/mol. The number of carbonyl (C=O) groups is 2. The number of carbonyl (C=O) groups excluding carboxylic acids is 2. The van der Waals surface area contributed by atoms with Crippen molar-refractivity contribution in [3.63, 3.8) is 0 Å². The number of Topliss-reactive ketones (excluding diaryl/α,β-unsaturated/α-hetero) is 2. The highest BCUT2D eigenvalue weighted by atomic mass is 16.2. The Morgan fingerprint density at radius 3 is 2.36 bits per heavy atom. The summed E-state index contributed by atoms with van der Waals surface area (Å²) in [5, 5.41) is 8.52. The lowest BCUT2D eigenvalue weighted by atomic mass is 9.98. The molecule has 0 rings (SSSR count). The molecule has 3 heteroatoms. The SMILES string of the molecule is CC(=O)C(C)CC(=O)CCCCCO. The number of hydrogen-bond donors (Lipinski definition) is 1. The maximum Gasteiger partial charge on any atom is 0.133 e. The number of unbranched alkanes of at least 4 members (excludes halogenated alkanes) is 2. The van der Waals surface area contributed by atoms with Crippen LogP contribution < -0.4 is 0 Å². The Bertz CT molecular complexity index is 187. The molecule has 0 saturated carbocycles. The van der Waals surface area contributed by atoms with Crippen LogP contribution in [0.25, 0.3) is 0 Å². The van der Waals surface area contributed by atoms with E-state index in [0.717, 1.165) is 19.3 Å². The summed E-state index contributed by atoms with van der Waals surface area (Å²) in [5.41, 5.74) is 0. The van der Waals surface area contributed by atoms with Gasteiger partial charge in [-0.3, -0.25) is 9.59 Å². The molecule has 0 aromatic rings. The summed E-state index contributed by atoms with van der Waals surface area (Å²) >= 11 is 0. The van der Waals surface area contributed by atoms with Gasteiger partial charge in [-0.2, -0.15) is 0 Å². The first kappa shape index (κ1) is 13.3. The third-order valence-corrected chi connectivity index (χ3v) is 2.34. The van der Waals surface area contributed by atoms with Gasteiger partial charge in [0.1, 0.15) is 11.6 Å². The third kappa shape index (κ3) is 6.78. The molecule has 0 aliphatic rings. The van der Waals surface area contributed by atoms with Crippen molar-refractivity contribution in [3.05, 3.63) is 0 Å². The number of aliphatic hydroxyl groups is 1. The highest BCUT2D eigenvalue weighted by molar-refractivity contribution is 5.86. The maximum absolute atomic E-state index is 11.3.